The summed E-state index contributed by atoms with van der Waals surface area (Å²) in [6, 6.07) is 0. The van der Waals surface area contributed by atoms with Crippen LogP contribution < -0.4 is 0 Å². The van der Waals surface area contributed by atoms with Crippen molar-refractivity contribution < 1.29 is 17.9 Å². The highest BCUT2D eigenvalue weighted by atomic mass is 32.2. The third-order valence-corrected chi connectivity index (χ3v) is 4.50. The highest BCUT2D eigenvalue weighted by Gasteiger charge is 2.49. The summed E-state index contributed by atoms with van der Waals surface area (Å²) in [5.74, 6) is -0.213. The van der Waals surface area contributed by atoms with E-state index in [2.05, 4.69) is 0 Å². The Kier molecular flexibility index (Phi) is 2.32. The average molecular weight is 223 g/mol. The van der Waals surface area contributed by atoms with Gasteiger partial charge in [0.25, 0.3) is 0 Å². The number of halogens is 1. The predicted molar refractivity (Wildman–Crippen MR) is 48.9 cm³/mol. The first kappa shape index (κ1) is 10.3. The van der Waals surface area contributed by atoms with Crippen LogP contribution in [0.25, 0.3) is 0 Å². The van der Waals surface area contributed by atoms with Gasteiger partial charge in [-0.2, -0.15) is 0 Å². The molecule has 0 amide bonds. The molecule has 6 heteroatoms. The Morgan fingerprint density at radius 3 is 2.57 bits per heavy atom. The maximum atomic E-state index is 13.0. The number of hydrogen-bond donors (Lipinski definition) is 1. The Morgan fingerprint density at radius 2 is 2.07 bits per heavy atom. The summed E-state index contributed by atoms with van der Waals surface area (Å²) in [4.78, 5) is 0. The SMILES string of the molecule is CS(=O)(=O)N1C[C@H]2C[C@@H](F)[C@@H](O)[C@H]2C1. The van der Waals surface area contributed by atoms with Gasteiger partial charge in [-0.15, -0.1) is 0 Å². The zero-order chi connectivity index (χ0) is 10.5. The van der Waals surface area contributed by atoms with Crippen LogP contribution >= 0.6 is 0 Å². The quantitative estimate of drug-likeness (QED) is 0.658. The first-order valence-corrected chi connectivity index (χ1v) is 6.51. The molecule has 2 fully saturated rings. The molecular formula is C8H14FNO3S. The Hall–Kier alpha value is -0.200. The van der Waals surface area contributed by atoms with E-state index in [4.69, 9.17) is 0 Å². The van der Waals surface area contributed by atoms with Crippen LogP contribution in [0.3, 0.4) is 0 Å². The lowest BCUT2D eigenvalue weighted by Gasteiger charge is -2.16. The molecular weight excluding hydrogens is 209 g/mol. The second-order valence-electron chi connectivity index (χ2n) is 4.25. The molecule has 1 heterocycles. The van der Waals surface area contributed by atoms with Gasteiger partial charge in [-0.05, 0) is 12.3 Å². The minimum absolute atomic E-state index is 0.00488. The predicted octanol–water partition coefficient (Wildman–Crippen LogP) is -0.403. The van der Waals surface area contributed by atoms with Gasteiger partial charge >= 0.3 is 0 Å². The molecule has 0 aromatic heterocycles. The summed E-state index contributed by atoms with van der Waals surface area (Å²) in [5, 5.41) is 9.45. The van der Waals surface area contributed by atoms with E-state index in [-0.39, 0.29) is 24.8 Å². The van der Waals surface area contributed by atoms with Crippen molar-refractivity contribution in [2.75, 3.05) is 19.3 Å². The summed E-state index contributed by atoms with van der Waals surface area (Å²) in [6.07, 6.45) is -0.718. The Bertz CT molecular complexity index is 331. The van der Waals surface area contributed by atoms with Crippen LogP contribution in [0.2, 0.25) is 0 Å². The smallest absolute Gasteiger partial charge is 0.211 e. The Balaban J connectivity index is 2.12. The molecule has 4 atom stereocenters. The molecule has 14 heavy (non-hydrogen) atoms. The maximum absolute atomic E-state index is 13.0. The number of sulfonamides is 1. The fraction of sp³-hybridized carbons (Fsp3) is 1.00. The lowest BCUT2D eigenvalue weighted by Crippen LogP contribution is -2.32. The van der Waals surface area contributed by atoms with Crippen LogP contribution in [0.15, 0.2) is 0 Å². The molecule has 2 aliphatic rings. The van der Waals surface area contributed by atoms with Crippen LogP contribution in [0, 0.1) is 11.8 Å². The van der Waals surface area contributed by atoms with Crippen LogP contribution in [0.5, 0.6) is 0 Å². The van der Waals surface area contributed by atoms with E-state index in [1.165, 1.54) is 4.31 Å². The highest BCUT2D eigenvalue weighted by Crippen LogP contribution is 2.40. The monoisotopic (exact) mass is 223 g/mol. The van der Waals surface area contributed by atoms with E-state index in [1.807, 2.05) is 0 Å². The number of rotatable bonds is 1. The van der Waals surface area contributed by atoms with E-state index < -0.39 is 22.3 Å². The maximum Gasteiger partial charge on any atom is 0.211 e. The first-order valence-electron chi connectivity index (χ1n) is 4.67. The number of aliphatic hydroxyl groups is 1. The van der Waals surface area contributed by atoms with Crippen molar-refractivity contribution in [3.63, 3.8) is 0 Å². The third kappa shape index (κ3) is 1.55. The van der Waals surface area contributed by atoms with E-state index in [1.54, 1.807) is 0 Å². The summed E-state index contributed by atoms with van der Waals surface area (Å²) >= 11 is 0. The lowest BCUT2D eigenvalue weighted by molar-refractivity contribution is 0.0680. The normalized spacial score (nSPS) is 44.2. The molecule has 0 spiro atoms. The van der Waals surface area contributed by atoms with E-state index >= 15 is 0 Å². The molecule has 0 aromatic rings. The Morgan fingerprint density at radius 1 is 1.43 bits per heavy atom. The number of fused-ring (bicyclic) bond motifs is 1. The van der Waals surface area contributed by atoms with Crippen molar-refractivity contribution in [2.24, 2.45) is 11.8 Å². The Labute approximate surface area is 82.8 Å². The zero-order valence-corrected chi connectivity index (χ0v) is 8.74. The molecule has 1 saturated carbocycles. The van der Waals surface area contributed by atoms with E-state index in [0.717, 1.165) is 6.26 Å². The largest absolute Gasteiger partial charge is 0.390 e. The van der Waals surface area contributed by atoms with Gasteiger partial charge < -0.3 is 5.11 Å². The van der Waals surface area contributed by atoms with E-state index in [9.17, 15) is 17.9 Å². The fourth-order valence-corrected chi connectivity index (χ4v) is 3.36. The fourth-order valence-electron chi connectivity index (χ4n) is 2.46. The van der Waals surface area contributed by atoms with Crippen LogP contribution in [0.4, 0.5) is 4.39 Å². The van der Waals surface area contributed by atoms with Crippen molar-refractivity contribution >= 4 is 10.0 Å². The molecule has 1 aliphatic heterocycles. The van der Waals surface area contributed by atoms with Gasteiger partial charge in [-0.3, -0.25) is 0 Å². The van der Waals surface area contributed by atoms with Crippen LogP contribution in [0.1, 0.15) is 6.42 Å². The third-order valence-electron chi connectivity index (χ3n) is 3.26. The van der Waals surface area contributed by atoms with Gasteiger partial charge in [0.15, 0.2) is 0 Å². The first-order chi connectivity index (χ1) is 6.39. The van der Waals surface area contributed by atoms with Gasteiger partial charge in [-0.1, -0.05) is 0 Å². The molecule has 1 N–H and O–H groups in total. The number of nitrogens with zero attached hydrogens (tertiary/aromatic N) is 1. The van der Waals surface area contributed by atoms with Gasteiger partial charge in [0, 0.05) is 19.0 Å². The average Bonchev–Trinajstić information content (AvgIpc) is 2.54. The molecule has 4 nitrogen and oxygen atoms in total. The summed E-state index contributed by atoms with van der Waals surface area (Å²) in [5.41, 5.74) is 0. The second kappa shape index (κ2) is 3.15. The summed E-state index contributed by atoms with van der Waals surface area (Å²) in [6.45, 7) is 0.631. The van der Waals surface area contributed by atoms with Crippen LogP contribution in [-0.2, 0) is 10.0 Å². The molecule has 0 bridgehead atoms. The molecule has 1 aliphatic carbocycles. The van der Waals surface area contributed by atoms with Crippen molar-refractivity contribution in [2.45, 2.75) is 18.7 Å². The minimum Gasteiger partial charge on any atom is -0.390 e. The van der Waals surface area contributed by atoms with Crippen LogP contribution in [-0.4, -0.2) is 49.5 Å². The molecule has 0 unspecified atom stereocenters. The number of hydrogen-bond acceptors (Lipinski definition) is 3. The highest BCUT2D eigenvalue weighted by molar-refractivity contribution is 7.88. The molecule has 0 radical (unpaired) electrons. The van der Waals surface area contributed by atoms with Crippen molar-refractivity contribution in [3.8, 4) is 0 Å². The minimum atomic E-state index is -3.19. The molecule has 2 rings (SSSR count). The van der Waals surface area contributed by atoms with E-state index in [0.29, 0.717) is 6.54 Å². The molecule has 0 aromatic carbocycles. The second-order valence-corrected chi connectivity index (χ2v) is 6.23. The van der Waals surface area contributed by atoms with Gasteiger partial charge in [0.2, 0.25) is 10.0 Å². The van der Waals surface area contributed by atoms with Crippen molar-refractivity contribution in [3.05, 3.63) is 0 Å². The summed E-state index contributed by atoms with van der Waals surface area (Å²) < 4.78 is 36.8. The van der Waals surface area contributed by atoms with Crippen molar-refractivity contribution in [1.29, 1.82) is 0 Å². The zero-order valence-electron chi connectivity index (χ0n) is 7.93. The van der Waals surface area contributed by atoms with Crippen molar-refractivity contribution in [1.82, 2.24) is 4.31 Å². The lowest BCUT2D eigenvalue weighted by atomic mass is 10.00. The van der Waals surface area contributed by atoms with Gasteiger partial charge in [0.1, 0.15) is 6.17 Å². The summed E-state index contributed by atoms with van der Waals surface area (Å²) in [7, 11) is -3.19. The molecule has 82 valence electrons. The number of aliphatic hydroxyl groups excluding tert-OH is 1. The standard InChI is InChI=1S/C8H14FNO3S/c1-14(12,13)10-3-5-2-7(9)8(11)6(5)4-10/h5-8,11H,2-4H2,1H3/t5-,6+,7-,8+/m1/s1. The van der Waals surface area contributed by atoms with Gasteiger partial charge in [-0.25, -0.2) is 17.1 Å². The topological polar surface area (TPSA) is 57.6 Å². The van der Waals surface area contributed by atoms with Gasteiger partial charge in [0.05, 0.1) is 12.4 Å². The molecule has 1 saturated heterocycles. The number of alkyl halides is 1.